The molecule has 0 atom stereocenters. The van der Waals surface area contributed by atoms with Gasteiger partial charge in [-0.1, -0.05) is 36.0 Å². The van der Waals surface area contributed by atoms with Crippen LogP contribution in [0.1, 0.15) is 27.7 Å². The Morgan fingerprint density at radius 2 is 1.52 bits per heavy atom. The lowest BCUT2D eigenvalue weighted by atomic mass is 9.88. The van der Waals surface area contributed by atoms with Gasteiger partial charge in [0.05, 0.1) is 15.4 Å². The first kappa shape index (κ1) is 15.2. The van der Waals surface area contributed by atoms with Crippen LogP contribution in [-0.4, -0.2) is 18.3 Å². The molecule has 1 aromatic heterocycles. The lowest BCUT2D eigenvalue weighted by molar-refractivity contribution is 0.00578. The quantitative estimate of drug-likeness (QED) is 0.790. The highest BCUT2D eigenvalue weighted by Crippen LogP contribution is 2.38. The maximum absolute atomic E-state index is 6.09. The normalized spacial score (nSPS) is 19.9. The van der Waals surface area contributed by atoms with Gasteiger partial charge in [0.1, 0.15) is 0 Å². The van der Waals surface area contributed by atoms with Crippen molar-refractivity contribution in [1.29, 1.82) is 0 Å². The van der Waals surface area contributed by atoms with Crippen molar-refractivity contribution in [2.45, 2.75) is 48.0 Å². The van der Waals surface area contributed by atoms with E-state index in [1.165, 1.54) is 9.10 Å². The Hall–Kier alpha value is -0.745. The van der Waals surface area contributed by atoms with E-state index >= 15 is 0 Å². The van der Waals surface area contributed by atoms with Crippen molar-refractivity contribution in [1.82, 2.24) is 0 Å². The number of rotatable bonds is 3. The lowest BCUT2D eigenvalue weighted by Crippen LogP contribution is -2.41. The fraction of sp³-hybridized carbons (Fsp3) is 0.375. The molecule has 110 valence electrons. The minimum absolute atomic E-state index is 0.259. The topological polar surface area (TPSA) is 18.5 Å². The van der Waals surface area contributed by atoms with E-state index in [1.54, 1.807) is 23.1 Å². The van der Waals surface area contributed by atoms with Gasteiger partial charge in [-0.05, 0) is 45.9 Å². The molecule has 0 spiro atoms. The van der Waals surface area contributed by atoms with Crippen molar-refractivity contribution in [3.05, 3.63) is 42.5 Å². The van der Waals surface area contributed by atoms with Gasteiger partial charge in [0.25, 0.3) is 0 Å². The fourth-order valence-corrected chi connectivity index (χ4v) is 4.18. The Bertz CT molecular complexity index is 606. The highest BCUT2D eigenvalue weighted by molar-refractivity contribution is 8.01. The molecular formula is C16H19BO2S2. The third-order valence-electron chi connectivity index (χ3n) is 4.05. The van der Waals surface area contributed by atoms with Crippen molar-refractivity contribution in [3.63, 3.8) is 0 Å². The Morgan fingerprint density at radius 3 is 2.14 bits per heavy atom. The molecule has 1 fully saturated rings. The first-order valence-electron chi connectivity index (χ1n) is 7.06. The summed E-state index contributed by atoms with van der Waals surface area (Å²) in [6, 6.07) is 14.7. The van der Waals surface area contributed by atoms with Gasteiger partial charge in [0.2, 0.25) is 0 Å². The minimum atomic E-state index is -0.283. The van der Waals surface area contributed by atoms with Crippen molar-refractivity contribution in [2.75, 3.05) is 0 Å². The molecule has 2 heterocycles. The zero-order valence-corrected chi connectivity index (χ0v) is 14.4. The molecule has 1 aromatic carbocycles. The Balaban J connectivity index is 1.74. The first-order chi connectivity index (χ1) is 9.87. The van der Waals surface area contributed by atoms with Gasteiger partial charge >= 0.3 is 7.12 Å². The molecule has 0 amide bonds. The molecule has 0 aliphatic carbocycles. The zero-order chi connectivity index (χ0) is 15.1. The van der Waals surface area contributed by atoms with Crippen LogP contribution in [0.2, 0.25) is 0 Å². The van der Waals surface area contributed by atoms with Gasteiger partial charge < -0.3 is 9.31 Å². The van der Waals surface area contributed by atoms with E-state index in [2.05, 4.69) is 64.1 Å². The average molecular weight is 318 g/mol. The third kappa shape index (κ3) is 3.06. The molecule has 1 aliphatic rings. The van der Waals surface area contributed by atoms with E-state index in [4.69, 9.17) is 9.31 Å². The minimum Gasteiger partial charge on any atom is -0.399 e. The molecule has 2 nitrogen and oxygen atoms in total. The molecule has 0 N–H and O–H groups in total. The molecule has 3 rings (SSSR count). The molecule has 0 saturated carbocycles. The van der Waals surface area contributed by atoms with Gasteiger partial charge in [-0.25, -0.2) is 0 Å². The highest BCUT2D eigenvalue weighted by atomic mass is 32.2. The molecule has 2 aromatic rings. The van der Waals surface area contributed by atoms with Crippen LogP contribution >= 0.6 is 23.1 Å². The first-order valence-corrected chi connectivity index (χ1v) is 8.69. The van der Waals surface area contributed by atoms with Crippen molar-refractivity contribution in [3.8, 4) is 0 Å². The monoisotopic (exact) mass is 318 g/mol. The largest absolute Gasteiger partial charge is 0.505 e. The van der Waals surface area contributed by atoms with Crippen LogP contribution < -0.4 is 4.78 Å². The van der Waals surface area contributed by atoms with Crippen LogP contribution in [0.15, 0.2) is 51.6 Å². The standard InChI is InChI=1S/C16H19BO2S2/c1-15(2)16(3,4)19-17(18-15)13-10-11-14(21-13)20-12-8-6-5-7-9-12/h5-11H,1-4H3. The Labute approximate surface area is 135 Å². The van der Waals surface area contributed by atoms with E-state index < -0.39 is 0 Å². The molecule has 0 radical (unpaired) electrons. The fourth-order valence-electron chi connectivity index (χ4n) is 2.08. The summed E-state index contributed by atoms with van der Waals surface area (Å²) in [6.07, 6.45) is 0. The Morgan fingerprint density at radius 1 is 0.905 bits per heavy atom. The summed E-state index contributed by atoms with van der Waals surface area (Å²) < 4.78 is 14.6. The van der Waals surface area contributed by atoms with Crippen molar-refractivity contribution < 1.29 is 9.31 Å². The molecule has 5 heteroatoms. The summed E-state index contributed by atoms with van der Waals surface area (Å²) >= 11 is 3.51. The maximum Gasteiger partial charge on any atom is 0.505 e. The summed E-state index contributed by atoms with van der Waals surface area (Å²) in [4.78, 5) is 1.25. The summed E-state index contributed by atoms with van der Waals surface area (Å²) in [7, 11) is -0.259. The van der Waals surface area contributed by atoms with E-state index in [-0.39, 0.29) is 18.3 Å². The molecule has 1 saturated heterocycles. The molecule has 0 unspecified atom stereocenters. The second kappa shape index (κ2) is 5.47. The van der Waals surface area contributed by atoms with E-state index in [1.807, 2.05) is 6.07 Å². The highest BCUT2D eigenvalue weighted by Gasteiger charge is 2.52. The summed E-state index contributed by atoms with van der Waals surface area (Å²) in [5.41, 5.74) is -0.567. The number of thiophene rings is 1. The number of hydrogen-bond donors (Lipinski definition) is 0. The van der Waals surface area contributed by atoms with Crippen LogP contribution in [0, 0.1) is 0 Å². The molecule has 0 bridgehead atoms. The van der Waals surface area contributed by atoms with Crippen LogP contribution in [0.3, 0.4) is 0 Å². The van der Waals surface area contributed by atoms with Crippen LogP contribution in [-0.2, 0) is 9.31 Å². The molecular weight excluding hydrogens is 299 g/mol. The Kier molecular flexibility index (Phi) is 3.95. The third-order valence-corrected chi connectivity index (χ3v) is 6.30. The summed E-state index contributed by atoms with van der Waals surface area (Å²) in [5, 5.41) is 0. The maximum atomic E-state index is 6.09. The van der Waals surface area contributed by atoms with Gasteiger partial charge in [-0.2, -0.15) is 0 Å². The van der Waals surface area contributed by atoms with Crippen LogP contribution in [0.5, 0.6) is 0 Å². The van der Waals surface area contributed by atoms with Crippen LogP contribution in [0.4, 0.5) is 0 Å². The van der Waals surface area contributed by atoms with E-state index in [0.29, 0.717) is 0 Å². The number of benzene rings is 1. The number of hydrogen-bond acceptors (Lipinski definition) is 4. The molecule has 1 aliphatic heterocycles. The van der Waals surface area contributed by atoms with Crippen LogP contribution in [0.25, 0.3) is 0 Å². The SMILES string of the molecule is CC1(C)OB(c2ccc(Sc3ccccc3)s2)OC1(C)C. The van der Waals surface area contributed by atoms with Crippen molar-refractivity contribution in [2.24, 2.45) is 0 Å². The second-order valence-electron chi connectivity index (χ2n) is 6.16. The van der Waals surface area contributed by atoms with Crippen molar-refractivity contribution >= 4 is 35.0 Å². The van der Waals surface area contributed by atoms with Gasteiger partial charge in [-0.15, -0.1) is 11.3 Å². The average Bonchev–Trinajstić information content (AvgIpc) is 2.94. The predicted octanol–water partition coefficient (Wildman–Crippen LogP) is 4.20. The summed E-state index contributed by atoms with van der Waals surface area (Å²) in [5.74, 6) is 0. The van der Waals surface area contributed by atoms with E-state index in [0.717, 1.165) is 4.78 Å². The summed E-state index contributed by atoms with van der Waals surface area (Å²) in [6.45, 7) is 8.33. The predicted molar refractivity (Wildman–Crippen MR) is 90.6 cm³/mol. The molecule has 21 heavy (non-hydrogen) atoms. The second-order valence-corrected chi connectivity index (χ2v) is 8.65. The lowest BCUT2D eigenvalue weighted by Gasteiger charge is -2.32. The van der Waals surface area contributed by atoms with E-state index in [9.17, 15) is 0 Å². The van der Waals surface area contributed by atoms with Gasteiger partial charge in [0.15, 0.2) is 0 Å². The van der Waals surface area contributed by atoms with Gasteiger partial charge in [0, 0.05) is 9.67 Å². The zero-order valence-electron chi connectivity index (χ0n) is 12.8. The van der Waals surface area contributed by atoms with Gasteiger partial charge in [-0.3, -0.25) is 0 Å². The smallest absolute Gasteiger partial charge is 0.399 e.